The van der Waals surface area contributed by atoms with Gasteiger partial charge in [0.15, 0.2) is 0 Å². The summed E-state index contributed by atoms with van der Waals surface area (Å²) in [6, 6.07) is 7.01. The number of amides is 3. The molecule has 3 aliphatic heterocycles. The van der Waals surface area contributed by atoms with E-state index in [0.717, 1.165) is 12.8 Å². The van der Waals surface area contributed by atoms with Gasteiger partial charge in [-0.3, -0.25) is 19.2 Å². The number of likely N-dealkylation sites (N-methyl/N-ethyl adjacent to an activating group) is 1. The molecule has 1 aromatic carbocycles. The van der Waals surface area contributed by atoms with E-state index in [2.05, 4.69) is 29.1 Å². The summed E-state index contributed by atoms with van der Waals surface area (Å²) in [6.45, 7) is 15.7. The number of hydrogen-bond acceptors (Lipinski definition) is 7. The Labute approximate surface area is 293 Å². The van der Waals surface area contributed by atoms with Crippen LogP contribution in [-0.4, -0.2) is 105 Å². The lowest BCUT2D eigenvalue weighted by molar-refractivity contribution is -0.165. The zero-order valence-corrected chi connectivity index (χ0v) is 30.5. The third-order valence-corrected chi connectivity index (χ3v) is 11.2. The van der Waals surface area contributed by atoms with Crippen LogP contribution in [0.1, 0.15) is 71.5 Å². The van der Waals surface area contributed by atoms with Crippen molar-refractivity contribution in [1.82, 2.24) is 14.7 Å². The fraction of sp³-hybridized carbons (Fsp3) is 0.622. The lowest BCUT2D eigenvalue weighted by atomic mass is 9.70. The Morgan fingerprint density at radius 3 is 2.46 bits per heavy atom. The minimum absolute atomic E-state index is 0.110. The summed E-state index contributed by atoms with van der Waals surface area (Å²) in [6.07, 6.45) is 4.60. The van der Waals surface area contributed by atoms with Crippen molar-refractivity contribution >= 4 is 39.6 Å². The van der Waals surface area contributed by atoms with E-state index in [9.17, 15) is 24.3 Å². The number of hydrogen-bond donors (Lipinski definition) is 1. The van der Waals surface area contributed by atoms with Gasteiger partial charge in [-0.1, -0.05) is 85.6 Å². The van der Waals surface area contributed by atoms with Crippen molar-refractivity contribution in [3.63, 3.8) is 0 Å². The van der Waals surface area contributed by atoms with Gasteiger partial charge in [0.2, 0.25) is 17.7 Å². The van der Waals surface area contributed by atoms with Crippen molar-refractivity contribution < 1.29 is 33.8 Å². The molecule has 1 N–H and O–H groups in total. The van der Waals surface area contributed by atoms with Crippen LogP contribution in [-0.2, 0) is 28.7 Å². The van der Waals surface area contributed by atoms with Crippen molar-refractivity contribution in [2.75, 3.05) is 26.7 Å². The first-order valence-electron chi connectivity index (χ1n) is 17.2. The number of allylic oxidation sites excluding steroid dienone is 1. The fourth-order valence-corrected chi connectivity index (χ4v) is 8.63. The molecule has 48 heavy (non-hydrogen) atoms. The molecule has 264 valence electrons. The molecule has 4 rings (SSSR count). The number of rotatable bonds is 17. The van der Waals surface area contributed by atoms with Gasteiger partial charge in [-0.05, 0) is 37.7 Å². The zero-order chi connectivity index (χ0) is 35.3. The number of ether oxygens (including phenoxy) is 2. The highest BCUT2D eigenvalue weighted by atomic mass is 79.9. The number of alkyl halides is 1. The average Bonchev–Trinajstić information content (AvgIpc) is 3.67. The maximum absolute atomic E-state index is 14.7. The van der Waals surface area contributed by atoms with Crippen LogP contribution in [0.3, 0.4) is 0 Å². The summed E-state index contributed by atoms with van der Waals surface area (Å²) in [5, 5.41) is 10.6. The Morgan fingerprint density at radius 2 is 1.88 bits per heavy atom. The molecular weight excluding hydrogens is 678 g/mol. The molecule has 3 saturated heterocycles. The van der Waals surface area contributed by atoms with E-state index in [1.165, 1.54) is 4.90 Å². The summed E-state index contributed by atoms with van der Waals surface area (Å²) < 4.78 is 13.0. The minimum Gasteiger partial charge on any atom is -0.455 e. The standard InChI is InChI=1S/C37H52BrN3O7/c1-8-11-18-28(43)39(7)24(6)31(25-16-14-13-15-17-25)47-36(46)29-30-34(44)41(27(22-42)23(4)5)33(37(30)21-26(38)32(29)48-37)35(45)40(19-10-3)20-12-9-2/h8,10,13-17,23-24,26-27,29-33,42H,1,3,9,11-12,18-22H2,2,4-7H3/t24-,26?,27-,29+,30-,31+,32+,33+,37-/m0/s1. The summed E-state index contributed by atoms with van der Waals surface area (Å²) in [5.41, 5.74) is -0.588. The summed E-state index contributed by atoms with van der Waals surface area (Å²) in [4.78, 5) is 61.2. The largest absolute Gasteiger partial charge is 0.455 e. The third kappa shape index (κ3) is 7.01. The van der Waals surface area contributed by atoms with Gasteiger partial charge < -0.3 is 29.3 Å². The van der Waals surface area contributed by atoms with Crippen LogP contribution in [0, 0.1) is 17.8 Å². The van der Waals surface area contributed by atoms with Crippen LogP contribution in [0.5, 0.6) is 0 Å². The van der Waals surface area contributed by atoms with Crippen molar-refractivity contribution in [2.24, 2.45) is 17.8 Å². The summed E-state index contributed by atoms with van der Waals surface area (Å²) in [7, 11) is 1.69. The number of carbonyl (C=O) groups excluding carboxylic acids is 4. The van der Waals surface area contributed by atoms with E-state index in [4.69, 9.17) is 9.47 Å². The second kappa shape index (κ2) is 16.1. The smallest absolute Gasteiger partial charge is 0.313 e. The highest BCUT2D eigenvalue weighted by Gasteiger charge is 2.77. The molecule has 0 aromatic heterocycles. The van der Waals surface area contributed by atoms with Gasteiger partial charge in [0, 0.05) is 31.4 Å². The van der Waals surface area contributed by atoms with Crippen LogP contribution >= 0.6 is 15.9 Å². The van der Waals surface area contributed by atoms with Crippen molar-refractivity contribution in [3.8, 4) is 0 Å². The lowest BCUT2D eigenvalue weighted by Gasteiger charge is -2.40. The molecule has 1 unspecified atom stereocenters. The first kappa shape index (κ1) is 37.8. The van der Waals surface area contributed by atoms with Gasteiger partial charge in [0.1, 0.15) is 17.7 Å². The summed E-state index contributed by atoms with van der Waals surface area (Å²) in [5.74, 6) is -3.56. The molecule has 3 amide bonds. The van der Waals surface area contributed by atoms with E-state index in [1.807, 2.05) is 58.0 Å². The fourth-order valence-electron chi connectivity index (χ4n) is 7.69. The first-order chi connectivity index (χ1) is 22.9. The van der Waals surface area contributed by atoms with Gasteiger partial charge in [0.05, 0.1) is 36.6 Å². The van der Waals surface area contributed by atoms with Crippen LogP contribution in [0.15, 0.2) is 55.6 Å². The first-order valence-corrected chi connectivity index (χ1v) is 18.1. The van der Waals surface area contributed by atoms with Crippen molar-refractivity contribution in [1.29, 1.82) is 0 Å². The van der Waals surface area contributed by atoms with Crippen LogP contribution < -0.4 is 0 Å². The zero-order valence-electron chi connectivity index (χ0n) is 28.9. The Balaban J connectivity index is 1.75. The van der Waals surface area contributed by atoms with E-state index >= 15 is 0 Å². The molecule has 3 fully saturated rings. The van der Waals surface area contributed by atoms with Crippen molar-refractivity contribution in [3.05, 3.63) is 61.2 Å². The van der Waals surface area contributed by atoms with Crippen LogP contribution in [0.4, 0.5) is 0 Å². The Kier molecular flexibility index (Phi) is 12.7. The van der Waals surface area contributed by atoms with Crippen molar-refractivity contribution in [2.45, 2.75) is 101 Å². The van der Waals surface area contributed by atoms with Gasteiger partial charge in [-0.2, -0.15) is 0 Å². The average molecular weight is 731 g/mol. The second-order valence-corrected chi connectivity index (χ2v) is 14.8. The topological polar surface area (TPSA) is 117 Å². The lowest BCUT2D eigenvalue weighted by Crippen LogP contribution is -2.60. The second-order valence-electron chi connectivity index (χ2n) is 13.7. The predicted octanol–water partition coefficient (Wildman–Crippen LogP) is 4.66. The van der Waals surface area contributed by atoms with Gasteiger partial charge in [0.25, 0.3) is 0 Å². The number of benzene rings is 1. The molecule has 11 heteroatoms. The summed E-state index contributed by atoms with van der Waals surface area (Å²) >= 11 is 3.74. The molecule has 9 atom stereocenters. The highest BCUT2D eigenvalue weighted by molar-refractivity contribution is 9.09. The predicted molar refractivity (Wildman–Crippen MR) is 187 cm³/mol. The van der Waals surface area contributed by atoms with E-state index in [0.29, 0.717) is 31.5 Å². The molecule has 0 aliphatic carbocycles. The molecule has 10 nitrogen and oxygen atoms in total. The number of carbonyl (C=O) groups is 4. The number of fused-ring (bicyclic) bond motifs is 1. The number of likely N-dealkylation sites (tertiary alicyclic amines) is 1. The van der Waals surface area contributed by atoms with Gasteiger partial charge >= 0.3 is 5.97 Å². The number of halogens is 1. The Bertz CT molecular complexity index is 1340. The number of nitrogens with zero attached hydrogens (tertiary/aromatic N) is 3. The normalized spacial score (nSPS) is 27.7. The number of aliphatic hydroxyl groups is 1. The SMILES string of the molecule is C=CCCC(=O)N(C)[C@@H](C)[C@@H](OC(=O)[C@H]1[C@@H]2O[C@@]3(CC2Br)[C@@H]1C(=O)N([C@@H](CO)C(C)C)[C@@H]3C(=O)N(CC=C)CCCC)c1ccccc1. The third-order valence-electron chi connectivity index (χ3n) is 10.4. The Morgan fingerprint density at radius 1 is 1.19 bits per heavy atom. The molecule has 1 aromatic rings. The molecule has 3 heterocycles. The highest BCUT2D eigenvalue weighted by Crippen LogP contribution is 2.61. The molecular formula is C37H52BrN3O7. The van der Waals surface area contributed by atoms with Crippen LogP contribution in [0.25, 0.3) is 0 Å². The molecule has 2 bridgehead atoms. The van der Waals surface area contributed by atoms with E-state index < -0.39 is 53.7 Å². The molecule has 3 aliphatic rings. The van der Waals surface area contributed by atoms with E-state index in [-0.39, 0.29) is 41.5 Å². The minimum atomic E-state index is -1.30. The Hall–Kier alpha value is -3.02. The molecule has 0 saturated carbocycles. The number of unbranched alkanes of at least 4 members (excludes halogenated alkanes) is 1. The number of aliphatic hydroxyl groups excluding tert-OH is 1. The quantitative estimate of drug-likeness (QED) is 0.141. The van der Waals surface area contributed by atoms with Gasteiger partial charge in [-0.25, -0.2) is 0 Å². The maximum Gasteiger partial charge on any atom is 0.313 e. The van der Waals surface area contributed by atoms with Crippen LogP contribution in [0.2, 0.25) is 0 Å². The monoisotopic (exact) mass is 729 g/mol. The number of esters is 1. The van der Waals surface area contributed by atoms with Gasteiger partial charge in [-0.15, -0.1) is 13.2 Å². The molecule has 0 radical (unpaired) electrons. The molecule has 1 spiro atoms. The van der Waals surface area contributed by atoms with E-state index in [1.54, 1.807) is 29.0 Å². The maximum atomic E-state index is 14.7.